The van der Waals surface area contributed by atoms with Gasteiger partial charge in [0.15, 0.2) is 0 Å². The quantitative estimate of drug-likeness (QED) is 0.825. The summed E-state index contributed by atoms with van der Waals surface area (Å²) in [4.78, 5) is 2.35. The molecule has 1 aliphatic heterocycles. The Kier molecular flexibility index (Phi) is 3.80. The van der Waals surface area contributed by atoms with Crippen molar-refractivity contribution < 1.29 is 10.1 Å². The van der Waals surface area contributed by atoms with Crippen LogP contribution in [-0.2, 0) is 4.74 Å². The Morgan fingerprint density at radius 3 is 2.44 bits per heavy atom. The fourth-order valence-corrected chi connectivity index (χ4v) is 2.18. The molecule has 1 fully saturated rings. The molecule has 16 heavy (non-hydrogen) atoms. The van der Waals surface area contributed by atoms with Crippen LogP contribution in [0.1, 0.15) is 25.6 Å². The monoisotopic (exact) mass is 221 g/mol. The van der Waals surface area contributed by atoms with E-state index < -0.39 is 0 Å². The molecule has 0 amide bonds. The van der Waals surface area contributed by atoms with Gasteiger partial charge in [0.1, 0.15) is 13.2 Å². The number of hydrogen-bond acceptors (Lipinski definition) is 2. The van der Waals surface area contributed by atoms with E-state index >= 15 is 0 Å². The molecule has 0 radical (unpaired) electrons. The summed E-state index contributed by atoms with van der Waals surface area (Å²) in [6.07, 6.45) is 0.214. The van der Waals surface area contributed by atoms with Gasteiger partial charge in [0.05, 0.1) is 0 Å². The van der Waals surface area contributed by atoms with E-state index in [9.17, 15) is 0 Å². The predicted octanol–water partition coefficient (Wildman–Crippen LogP) is 1.12. The molecule has 1 aromatic carbocycles. The average Bonchev–Trinajstić information content (AvgIpc) is 2.85. The van der Waals surface area contributed by atoms with Crippen LogP contribution in [-0.4, -0.2) is 26.2 Å². The third-order valence-corrected chi connectivity index (χ3v) is 3.15. The van der Waals surface area contributed by atoms with Gasteiger partial charge in [-0.2, -0.15) is 0 Å². The summed E-state index contributed by atoms with van der Waals surface area (Å²) < 4.78 is 5.62. The molecule has 1 aromatic rings. The van der Waals surface area contributed by atoms with Gasteiger partial charge in [0.25, 0.3) is 0 Å². The van der Waals surface area contributed by atoms with Crippen molar-refractivity contribution in [1.29, 1.82) is 0 Å². The van der Waals surface area contributed by atoms with E-state index in [2.05, 4.69) is 48.3 Å². The van der Waals surface area contributed by atoms with Gasteiger partial charge in [-0.05, 0) is 38.1 Å². The number of quaternary nitrogens is 1. The third-order valence-electron chi connectivity index (χ3n) is 3.15. The molecule has 0 unspecified atom stereocenters. The summed E-state index contributed by atoms with van der Waals surface area (Å²) in [5.41, 5.74) is 2.57. The number of rotatable bonds is 4. The van der Waals surface area contributed by atoms with Crippen molar-refractivity contribution in [3.05, 3.63) is 29.8 Å². The van der Waals surface area contributed by atoms with E-state index in [1.165, 1.54) is 11.3 Å². The second kappa shape index (κ2) is 5.32. The number of hydrogen-bond donors (Lipinski definition) is 1. The largest absolute Gasteiger partial charge is 0.372 e. The van der Waals surface area contributed by atoms with Crippen LogP contribution in [0.4, 0.5) is 5.69 Å². The SMILES string of the molecule is CCN(CC)c1ccc([C@@H]2[NH2+]CCO2)cc1. The second-order valence-corrected chi connectivity index (χ2v) is 4.08. The highest BCUT2D eigenvalue weighted by molar-refractivity contribution is 5.47. The first-order chi connectivity index (χ1) is 7.85. The van der Waals surface area contributed by atoms with Crippen LogP contribution < -0.4 is 10.2 Å². The zero-order valence-corrected chi connectivity index (χ0v) is 10.1. The lowest BCUT2D eigenvalue weighted by molar-refractivity contribution is -0.697. The summed E-state index contributed by atoms with van der Waals surface area (Å²) in [7, 11) is 0. The molecule has 3 nitrogen and oxygen atoms in total. The van der Waals surface area contributed by atoms with Gasteiger partial charge in [-0.15, -0.1) is 0 Å². The lowest BCUT2D eigenvalue weighted by Crippen LogP contribution is -2.82. The van der Waals surface area contributed by atoms with Gasteiger partial charge in [-0.25, -0.2) is 0 Å². The Hall–Kier alpha value is -1.06. The second-order valence-electron chi connectivity index (χ2n) is 4.08. The van der Waals surface area contributed by atoms with Gasteiger partial charge in [-0.3, -0.25) is 0 Å². The maximum Gasteiger partial charge on any atom is 0.217 e. The highest BCUT2D eigenvalue weighted by atomic mass is 16.5. The lowest BCUT2D eigenvalue weighted by Gasteiger charge is -2.21. The summed E-state index contributed by atoms with van der Waals surface area (Å²) in [5, 5.41) is 2.24. The van der Waals surface area contributed by atoms with Crippen molar-refractivity contribution in [2.24, 2.45) is 0 Å². The van der Waals surface area contributed by atoms with Gasteiger partial charge in [-0.1, -0.05) is 0 Å². The molecule has 1 atom stereocenters. The number of anilines is 1. The molecule has 0 bridgehead atoms. The number of benzene rings is 1. The van der Waals surface area contributed by atoms with Crippen LogP contribution in [0.5, 0.6) is 0 Å². The molecule has 88 valence electrons. The van der Waals surface area contributed by atoms with Crippen LogP contribution in [0.25, 0.3) is 0 Å². The number of nitrogens with two attached hydrogens (primary N) is 1. The van der Waals surface area contributed by atoms with Crippen molar-refractivity contribution in [1.82, 2.24) is 0 Å². The Labute approximate surface area is 97.4 Å². The minimum atomic E-state index is 0.214. The molecule has 2 rings (SSSR count). The molecule has 1 heterocycles. The van der Waals surface area contributed by atoms with E-state index in [0.717, 1.165) is 26.2 Å². The van der Waals surface area contributed by atoms with Crippen molar-refractivity contribution in [2.75, 3.05) is 31.1 Å². The van der Waals surface area contributed by atoms with Gasteiger partial charge in [0.2, 0.25) is 6.23 Å². The zero-order chi connectivity index (χ0) is 11.4. The standard InChI is InChI=1S/C13H20N2O/c1-3-15(4-2)12-7-5-11(6-8-12)13-14-9-10-16-13/h5-8,13-14H,3-4,9-10H2,1-2H3/p+1/t13-/m1/s1. The minimum absolute atomic E-state index is 0.214. The highest BCUT2D eigenvalue weighted by Crippen LogP contribution is 2.19. The molecule has 3 heteroatoms. The number of nitrogens with zero attached hydrogens (tertiary/aromatic N) is 1. The Morgan fingerprint density at radius 1 is 1.25 bits per heavy atom. The van der Waals surface area contributed by atoms with Crippen LogP contribution in [0.3, 0.4) is 0 Å². The summed E-state index contributed by atoms with van der Waals surface area (Å²) in [6.45, 7) is 8.42. The molecule has 1 saturated heterocycles. The van der Waals surface area contributed by atoms with Crippen LogP contribution in [0, 0.1) is 0 Å². The van der Waals surface area contributed by atoms with E-state index in [1.807, 2.05) is 0 Å². The van der Waals surface area contributed by atoms with Crippen LogP contribution in [0.15, 0.2) is 24.3 Å². The summed E-state index contributed by atoms with van der Waals surface area (Å²) in [6, 6.07) is 8.75. The fraction of sp³-hybridized carbons (Fsp3) is 0.538. The molecule has 0 aliphatic carbocycles. The van der Waals surface area contributed by atoms with E-state index in [4.69, 9.17) is 4.74 Å². The predicted molar refractivity (Wildman–Crippen MR) is 65.5 cm³/mol. The minimum Gasteiger partial charge on any atom is -0.372 e. The average molecular weight is 221 g/mol. The molecule has 2 N–H and O–H groups in total. The van der Waals surface area contributed by atoms with E-state index in [0.29, 0.717) is 0 Å². The normalized spacial score (nSPS) is 20.0. The van der Waals surface area contributed by atoms with Crippen LogP contribution >= 0.6 is 0 Å². The van der Waals surface area contributed by atoms with Gasteiger partial charge < -0.3 is 15.0 Å². The molecule has 0 aromatic heterocycles. The molecular formula is C13H21N2O+. The third kappa shape index (κ3) is 2.36. The summed E-state index contributed by atoms with van der Waals surface area (Å²) in [5.74, 6) is 0. The van der Waals surface area contributed by atoms with Gasteiger partial charge >= 0.3 is 0 Å². The van der Waals surface area contributed by atoms with Crippen LogP contribution in [0.2, 0.25) is 0 Å². The van der Waals surface area contributed by atoms with Crippen molar-refractivity contribution in [3.8, 4) is 0 Å². The first-order valence-electron chi connectivity index (χ1n) is 6.15. The van der Waals surface area contributed by atoms with Gasteiger partial charge in [0, 0.05) is 24.3 Å². The molecule has 1 aliphatic rings. The summed E-state index contributed by atoms with van der Waals surface area (Å²) >= 11 is 0. The Morgan fingerprint density at radius 2 is 1.94 bits per heavy atom. The molecule has 0 saturated carbocycles. The Bertz CT molecular complexity index is 292. The smallest absolute Gasteiger partial charge is 0.217 e. The van der Waals surface area contributed by atoms with E-state index in [1.54, 1.807) is 0 Å². The molecule has 0 spiro atoms. The van der Waals surface area contributed by atoms with Crippen molar-refractivity contribution in [2.45, 2.75) is 20.1 Å². The Balaban J connectivity index is 2.09. The first-order valence-corrected chi connectivity index (χ1v) is 6.15. The van der Waals surface area contributed by atoms with Crippen molar-refractivity contribution >= 4 is 5.69 Å². The maximum absolute atomic E-state index is 5.62. The first kappa shape index (κ1) is 11.4. The van der Waals surface area contributed by atoms with Crippen molar-refractivity contribution in [3.63, 3.8) is 0 Å². The molecular weight excluding hydrogens is 200 g/mol. The van der Waals surface area contributed by atoms with E-state index in [-0.39, 0.29) is 6.23 Å². The highest BCUT2D eigenvalue weighted by Gasteiger charge is 2.20. The zero-order valence-electron chi connectivity index (χ0n) is 10.1. The lowest BCUT2D eigenvalue weighted by atomic mass is 10.1. The topological polar surface area (TPSA) is 29.1 Å². The maximum atomic E-state index is 5.62. The number of ether oxygens (including phenoxy) is 1. The fourth-order valence-electron chi connectivity index (χ4n) is 2.18.